The Balaban J connectivity index is 2.04. The lowest BCUT2D eigenvalue weighted by Crippen LogP contribution is -2.38. The van der Waals surface area contributed by atoms with Crippen LogP contribution in [0.15, 0.2) is 47.4 Å². The van der Waals surface area contributed by atoms with Crippen molar-refractivity contribution in [2.75, 3.05) is 32.1 Å². The molecule has 0 fully saturated rings. The van der Waals surface area contributed by atoms with Gasteiger partial charge in [-0.05, 0) is 30.3 Å². The molecule has 132 valence electrons. The maximum absolute atomic E-state index is 13.0. The Morgan fingerprint density at radius 3 is 2.64 bits per heavy atom. The van der Waals surface area contributed by atoms with Crippen molar-refractivity contribution in [1.82, 2.24) is 4.31 Å². The number of rotatable bonds is 3. The Kier molecular flexibility index (Phi) is 4.73. The van der Waals surface area contributed by atoms with Crippen LogP contribution in [-0.4, -0.2) is 45.9 Å². The first-order valence-corrected chi connectivity index (χ1v) is 9.40. The Bertz CT molecular complexity index is 928. The molecule has 1 aliphatic heterocycles. The van der Waals surface area contributed by atoms with Crippen molar-refractivity contribution in [1.29, 1.82) is 0 Å². The normalized spacial score (nSPS) is 14.2. The average molecular weight is 381 g/mol. The lowest BCUT2D eigenvalue weighted by atomic mass is 10.1. The molecule has 0 bridgehead atoms. The summed E-state index contributed by atoms with van der Waals surface area (Å²) in [6.45, 7) is 0.715. The summed E-state index contributed by atoms with van der Waals surface area (Å²) in [6.07, 6.45) is 0. The number of carbonyl (C=O) groups is 1. The first kappa shape index (κ1) is 17.7. The second-order valence-corrected chi connectivity index (χ2v) is 8.26. The summed E-state index contributed by atoms with van der Waals surface area (Å²) in [5.41, 5.74) is 0.775. The van der Waals surface area contributed by atoms with Gasteiger partial charge in [-0.2, -0.15) is 0 Å². The largest absolute Gasteiger partial charge is 0.490 e. The highest BCUT2D eigenvalue weighted by molar-refractivity contribution is 7.89. The summed E-state index contributed by atoms with van der Waals surface area (Å²) in [5.74, 6) is 0.242. The Labute approximate surface area is 151 Å². The van der Waals surface area contributed by atoms with Gasteiger partial charge in [-0.25, -0.2) is 12.7 Å². The summed E-state index contributed by atoms with van der Waals surface area (Å²) >= 11 is 6.18. The number of hydrogen-bond donors (Lipinski definition) is 0. The third kappa shape index (κ3) is 3.22. The number of para-hydroxylation sites is 2. The first-order chi connectivity index (χ1) is 11.8. The number of benzene rings is 2. The summed E-state index contributed by atoms with van der Waals surface area (Å²) < 4.78 is 31.3. The van der Waals surface area contributed by atoms with Crippen LogP contribution in [-0.2, 0) is 10.0 Å². The molecule has 0 N–H and O–H groups in total. The molecule has 2 aromatic carbocycles. The van der Waals surface area contributed by atoms with Crippen molar-refractivity contribution in [3.8, 4) is 5.75 Å². The molecule has 0 spiro atoms. The van der Waals surface area contributed by atoms with E-state index in [4.69, 9.17) is 16.3 Å². The summed E-state index contributed by atoms with van der Waals surface area (Å²) in [4.78, 5) is 14.6. The molecule has 1 amide bonds. The van der Waals surface area contributed by atoms with Gasteiger partial charge in [-0.3, -0.25) is 4.79 Å². The summed E-state index contributed by atoms with van der Waals surface area (Å²) in [6, 6.07) is 11.3. The molecule has 6 nitrogen and oxygen atoms in total. The Hall–Kier alpha value is -2.09. The highest BCUT2D eigenvalue weighted by Crippen LogP contribution is 2.33. The monoisotopic (exact) mass is 380 g/mol. The second-order valence-electron chi connectivity index (χ2n) is 5.70. The number of ether oxygens (including phenoxy) is 1. The van der Waals surface area contributed by atoms with Crippen LogP contribution in [0, 0.1) is 0 Å². The standard InChI is InChI=1S/C17H17ClN2O4S/c1-19(2)25(22,23)12-7-8-14(18)13(11-12)17(21)20-9-10-24-16-6-4-3-5-15(16)20/h3-8,11H,9-10H2,1-2H3. The van der Waals surface area contributed by atoms with Gasteiger partial charge in [0.2, 0.25) is 10.0 Å². The number of sulfonamides is 1. The molecular formula is C17H17ClN2O4S. The van der Waals surface area contributed by atoms with E-state index in [1.54, 1.807) is 17.0 Å². The van der Waals surface area contributed by atoms with E-state index in [1.807, 2.05) is 12.1 Å². The summed E-state index contributed by atoms with van der Waals surface area (Å²) in [5, 5.41) is 0.201. The number of nitrogens with zero attached hydrogens (tertiary/aromatic N) is 2. The fourth-order valence-electron chi connectivity index (χ4n) is 2.57. The first-order valence-electron chi connectivity index (χ1n) is 7.58. The molecule has 0 aromatic heterocycles. The molecule has 25 heavy (non-hydrogen) atoms. The third-order valence-corrected chi connectivity index (χ3v) is 6.06. The fraction of sp³-hybridized carbons (Fsp3) is 0.235. The minimum absolute atomic E-state index is 0.0202. The van der Waals surface area contributed by atoms with Crippen LogP contribution in [0.2, 0.25) is 5.02 Å². The molecule has 1 aliphatic rings. The molecule has 0 saturated carbocycles. The van der Waals surface area contributed by atoms with E-state index >= 15 is 0 Å². The predicted molar refractivity (Wildman–Crippen MR) is 95.9 cm³/mol. The fourth-order valence-corrected chi connectivity index (χ4v) is 3.69. The zero-order valence-electron chi connectivity index (χ0n) is 13.8. The van der Waals surface area contributed by atoms with Crippen LogP contribution in [0.5, 0.6) is 5.75 Å². The highest BCUT2D eigenvalue weighted by Gasteiger charge is 2.27. The number of halogens is 1. The molecular weight excluding hydrogens is 364 g/mol. The van der Waals surface area contributed by atoms with Crippen LogP contribution in [0.1, 0.15) is 10.4 Å². The molecule has 3 rings (SSSR count). The smallest absolute Gasteiger partial charge is 0.260 e. The van der Waals surface area contributed by atoms with Gasteiger partial charge in [0, 0.05) is 14.1 Å². The van der Waals surface area contributed by atoms with Crippen molar-refractivity contribution in [3.63, 3.8) is 0 Å². The van der Waals surface area contributed by atoms with Crippen LogP contribution in [0.25, 0.3) is 0 Å². The van der Waals surface area contributed by atoms with Gasteiger partial charge in [0.05, 0.1) is 27.7 Å². The molecule has 0 saturated heterocycles. The van der Waals surface area contributed by atoms with E-state index in [1.165, 1.54) is 32.3 Å². The number of amides is 1. The van der Waals surface area contributed by atoms with Crippen molar-refractivity contribution < 1.29 is 17.9 Å². The molecule has 0 aliphatic carbocycles. The molecule has 0 radical (unpaired) electrons. The minimum Gasteiger partial charge on any atom is -0.490 e. The van der Waals surface area contributed by atoms with E-state index in [0.29, 0.717) is 24.6 Å². The lowest BCUT2D eigenvalue weighted by molar-refractivity contribution is 0.0976. The molecule has 0 unspecified atom stereocenters. The average Bonchev–Trinajstić information content (AvgIpc) is 2.60. The van der Waals surface area contributed by atoms with Crippen molar-refractivity contribution in [3.05, 3.63) is 53.1 Å². The van der Waals surface area contributed by atoms with Crippen molar-refractivity contribution in [2.24, 2.45) is 0 Å². The topological polar surface area (TPSA) is 66.9 Å². The van der Waals surface area contributed by atoms with E-state index < -0.39 is 10.0 Å². The van der Waals surface area contributed by atoms with E-state index in [-0.39, 0.29) is 21.4 Å². The predicted octanol–water partition coefficient (Wildman–Crippen LogP) is 2.63. The molecule has 0 atom stereocenters. The number of fused-ring (bicyclic) bond motifs is 1. The quantitative estimate of drug-likeness (QED) is 0.821. The Morgan fingerprint density at radius 2 is 1.92 bits per heavy atom. The van der Waals surface area contributed by atoms with E-state index in [9.17, 15) is 13.2 Å². The van der Waals surface area contributed by atoms with Crippen LogP contribution < -0.4 is 9.64 Å². The second kappa shape index (κ2) is 6.67. The van der Waals surface area contributed by atoms with Gasteiger partial charge < -0.3 is 9.64 Å². The maximum atomic E-state index is 13.0. The molecule has 1 heterocycles. The van der Waals surface area contributed by atoms with Crippen LogP contribution in [0.3, 0.4) is 0 Å². The minimum atomic E-state index is -3.66. The van der Waals surface area contributed by atoms with Crippen molar-refractivity contribution >= 4 is 33.2 Å². The van der Waals surface area contributed by atoms with Crippen LogP contribution >= 0.6 is 11.6 Å². The van der Waals surface area contributed by atoms with E-state index in [0.717, 1.165) is 4.31 Å². The van der Waals surface area contributed by atoms with Gasteiger partial charge in [-0.1, -0.05) is 23.7 Å². The number of anilines is 1. The summed E-state index contributed by atoms with van der Waals surface area (Å²) in [7, 11) is -0.793. The van der Waals surface area contributed by atoms with Gasteiger partial charge in [0.1, 0.15) is 12.4 Å². The number of carbonyl (C=O) groups excluding carboxylic acids is 1. The Morgan fingerprint density at radius 1 is 1.20 bits per heavy atom. The third-order valence-electron chi connectivity index (χ3n) is 3.92. The highest BCUT2D eigenvalue weighted by atomic mass is 35.5. The zero-order chi connectivity index (χ0) is 18.2. The number of hydrogen-bond acceptors (Lipinski definition) is 4. The molecule has 2 aromatic rings. The van der Waals surface area contributed by atoms with Crippen molar-refractivity contribution in [2.45, 2.75) is 4.90 Å². The van der Waals surface area contributed by atoms with Gasteiger partial charge in [0.25, 0.3) is 5.91 Å². The van der Waals surface area contributed by atoms with Crippen LogP contribution in [0.4, 0.5) is 5.69 Å². The zero-order valence-corrected chi connectivity index (χ0v) is 15.3. The van der Waals surface area contributed by atoms with Gasteiger partial charge >= 0.3 is 0 Å². The molecule has 8 heteroatoms. The van der Waals surface area contributed by atoms with E-state index in [2.05, 4.69) is 0 Å². The lowest BCUT2D eigenvalue weighted by Gasteiger charge is -2.29. The maximum Gasteiger partial charge on any atom is 0.260 e. The SMILES string of the molecule is CN(C)S(=O)(=O)c1ccc(Cl)c(C(=O)N2CCOc3ccccc32)c1. The van der Waals surface area contributed by atoms with Gasteiger partial charge in [-0.15, -0.1) is 0 Å². The van der Waals surface area contributed by atoms with Gasteiger partial charge in [0.15, 0.2) is 0 Å².